The molecule has 1 aromatic heterocycles. The van der Waals surface area contributed by atoms with Gasteiger partial charge in [-0.3, -0.25) is 14.4 Å². The van der Waals surface area contributed by atoms with Crippen LogP contribution in [0.3, 0.4) is 0 Å². The van der Waals surface area contributed by atoms with E-state index in [2.05, 4.69) is 19.9 Å². The van der Waals surface area contributed by atoms with Crippen LogP contribution in [-0.2, 0) is 23.1 Å². The molecule has 0 aromatic carbocycles. The summed E-state index contributed by atoms with van der Waals surface area (Å²) in [6, 6.07) is 0. The summed E-state index contributed by atoms with van der Waals surface area (Å²) in [6.07, 6.45) is 5.00. The van der Waals surface area contributed by atoms with Crippen LogP contribution in [0.25, 0.3) is 0 Å². The van der Waals surface area contributed by atoms with E-state index in [0.717, 1.165) is 76.7 Å². The van der Waals surface area contributed by atoms with E-state index in [4.69, 9.17) is 4.74 Å². The highest BCUT2D eigenvalue weighted by Crippen LogP contribution is 2.40. The molecule has 1 amide bonds. The van der Waals surface area contributed by atoms with E-state index in [-0.39, 0.29) is 0 Å². The van der Waals surface area contributed by atoms with Crippen LogP contribution in [0, 0.1) is 12.3 Å². The number of ether oxygens (including phenoxy) is 1. The molecule has 0 bridgehead atoms. The lowest BCUT2D eigenvalue weighted by Crippen LogP contribution is -2.51. The van der Waals surface area contributed by atoms with E-state index in [1.807, 2.05) is 18.7 Å². The van der Waals surface area contributed by atoms with Crippen molar-refractivity contribution in [3.63, 3.8) is 0 Å². The Morgan fingerprint density at radius 1 is 1.24 bits per heavy atom. The quantitative estimate of drug-likeness (QED) is 0.726. The Balaban J connectivity index is 1.53. The number of hydrogen-bond acceptors (Lipinski definition) is 5. The number of hydrogen-bond donors (Lipinski definition) is 0. The highest BCUT2D eigenvalue weighted by atomic mass is 16.5. The second-order valence-electron chi connectivity index (χ2n) is 7.64. The predicted octanol–water partition coefficient (Wildman–Crippen LogP) is 1.36. The van der Waals surface area contributed by atoms with Crippen molar-refractivity contribution in [2.75, 3.05) is 39.9 Å². The van der Waals surface area contributed by atoms with Crippen LogP contribution in [-0.4, -0.2) is 70.4 Å². The lowest BCUT2D eigenvalue weighted by atomic mass is 9.72. The molecule has 2 fully saturated rings. The number of methoxy groups -OCH3 is 1. The molecule has 0 unspecified atom stereocenters. The molecule has 2 saturated heterocycles. The van der Waals surface area contributed by atoms with Gasteiger partial charge in [0.2, 0.25) is 5.91 Å². The maximum Gasteiger partial charge on any atom is 0.222 e. The topological polar surface area (TPSA) is 63.5 Å². The Morgan fingerprint density at radius 3 is 2.64 bits per heavy atom. The predicted molar refractivity (Wildman–Crippen MR) is 95.0 cm³/mol. The molecule has 3 rings (SSSR count). The molecule has 0 N–H and O–H groups in total. The van der Waals surface area contributed by atoms with Crippen molar-refractivity contribution in [3.05, 3.63) is 11.6 Å². The number of rotatable bonds is 6. The Morgan fingerprint density at radius 2 is 2.00 bits per heavy atom. The number of likely N-dealkylation sites (tertiary alicyclic amines) is 2. The molecule has 1 aromatic rings. The number of aryl methyl sites for hydroxylation is 2. The smallest absolute Gasteiger partial charge is 0.222 e. The summed E-state index contributed by atoms with van der Waals surface area (Å²) in [5.74, 6) is 2.19. The van der Waals surface area contributed by atoms with E-state index in [1.165, 1.54) is 0 Å². The van der Waals surface area contributed by atoms with Gasteiger partial charge in [-0.25, -0.2) is 4.98 Å². The summed E-state index contributed by atoms with van der Waals surface area (Å²) in [4.78, 5) is 21.3. The Hall–Kier alpha value is -1.47. The van der Waals surface area contributed by atoms with E-state index in [1.54, 1.807) is 7.11 Å². The Labute approximate surface area is 150 Å². The zero-order valence-corrected chi connectivity index (χ0v) is 15.8. The molecule has 3 heterocycles. The van der Waals surface area contributed by atoms with Crippen LogP contribution in [0.5, 0.6) is 0 Å². The van der Waals surface area contributed by atoms with Crippen molar-refractivity contribution in [2.45, 2.75) is 45.6 Å². The third-order valence-corrected chi connectivity index (χ3v) is 5.77. The molecule has 0 saturated carbocycles. The molecular formula is C18H31N5O2. The lowest BCUT2D eigenvalue weighted by molar-refractivity contribution is -0.139. The molecule has 25 heavy (non-hydrogen) atoms. The molecule has 2 aliphatic rings. The van der Waals surface area contributed by atoms with Crippen LogP contribution < -0.4 is 0 Å². The average Bonchev–Trinajstić information content (AvgIpc) is 2.91. The second kappa shape index (κ2) is 7.83. The van der Waals surface area contributed by atoms with Gasteiger partial charge >= 0.3 is 0 Å². The van der Waals surface area contributed by atoms with Gasteiger partial charge in [0.1, 0.15) is 11.6 Å². The van der Waals surface area contributed by atoms with Crippen LogP contribution in [0.4, 0.5) is 0 Å². The number of nitrogens with zero attached hydrogens (tertiary/aromatic N) is 5. The Kier molecular flexibility index (Phi) is 5.74. The zero-order valence-electron chi connectivity index (χ0n) is 15.8. The minimum atomic E-state index is 0.313. The van der Waals surface area contributed by atoms with Gasteiger partial charge in [-0.1, -0.05) is 0 Å². The second-order valence-corrected chi connectivity index (χ2v) is 7.64. The maximum atomic E-state index is 12.2. The van der Waals surface area contributed by atoms with Gasteiger partial charge < -0.3 is 9.64 Å². The summed E-state index contributed by atoms with van der Waals surface area (Å²) in [5, 5.41) is 4.34. The summed E-state index contributed by atoms with van der Waals surface area (Å²) in [5.41, 5.74) is 0.313. The first-order chi connectivity index (χ1) is 12.0. The number of carbonyl (C=O) groups is 1. The van der Waals surface area contributed by atoms with E-state index < -0.39 is 0 Å². The highest BCUT2D eigenvalue weighted by Gasteiger charge is 2.40. The lowest BCUT2D eigenvalue weighted by Gasteiger charge is -2.47. The molecule has 7 heteroatoms. The van der Waals surface area contributed by atoms with Gasteiger partial charge in [-0.2, -0.15) is 5.10 Å². The highest BCUT2D eigenvalue weighted by molar-refractivity contribution is 5.77. The van der Waals surface area contributed by atoms with Crippen LogP contribution >= 0.6 is 0 Å². The van der Waals surface area contributed by atoms with Gasteiger partial charge in [0, 0.05) is 40.3 Å². The van der Waals surface area contributed by atoms with E-state index in [9.17, 15) is 4.79 Å². The molecular weight excluding hydrogens is 318 g/mol. The first-order valence-corrected chi connectivity index (χ1v) is 9.37. The third-order valence-electron chi connectivity index (χ3n) is 5.77. The first-order valence-electron chi connectivity index (χ1n) is 9.37. The number of amides is 1. The third kappa shape index (κ3) is 4.39. The van der Waals surface area contributed by atoms with Crippen molar-refractivity contribution in [2.24, 2.45) is 12.5 Å². The summed E-state index contributed by atoms with van der Waals surface area (Å²) in [6.45, 7) is 7.43. The number of piperidine rings is 2. The van der Waals surface area contributed by atoms with Crippen LogP contribution in [0.2, 0.25) is 0 Å². The molecule has 2 aliphatic heterocycles. The normalized spacial score (nSPS) is 21.2. The summed E-state index contributed by atoms with van der Waals surface area (Å²) >= 11 is 0. The van der Waals surface area contributed by atoms with Crippen molar-refractivity contribution < 1.29 is 9.53 Å². The monoisotopic (exact) mass is 349 g/mol. The largest absolute Gasteiger partial charge is 0.385 e. The first kappa shape index (κ1) is 18.3. The van der Waals surface area contributed by atoms with Gasteiger partial charge in [0.05, 0.1) is 6.54 Å². The van der Waals surface area contributed by atoms with Crippen molar-refractivity contribution >= 4 is 5.91 Å². The fourth-order valence-corrected chi connectivity index (χ4v) is 4.19. The Bertz CT molecular complexity index is 592. The molecule has 0 atom stereocenters. The van der Waals surface area contributed by atoms with E-state index >= 15 is 0 Å². The van der Waals surface area contributed by atoms with Crippen molar-refractivity contribution in [1.29, 1.82) is 0 Å². The van der Waals surface area contributed by atoms with E-state index in [0.29, 0.717) is 17.7 Å². The van der Waals surface area contributed by atoms with Crippen LogP contribution in [0.1, 0.15) is 43.8 Å². The minimum absolute atomic E-state index is 0.313. The number of aromatic nitrogens is 3. The molecule has 1 spiro atoms. The molecule has 0 radical (unpaired) electrons. The molecule has 7 nitrogen and oxygen atoms in total. The SMILES string of the molecule is COCCCN1CC2(CCC1=O)CCN(Cc1nc(C)nn1C)CC2. The standard InChI is InChI=1S/C18H31N5O2/c1-15-19-16(21(2)20-15)13-22-10-7-18(8-11-22)6-5-17(24)23(14-18)9-4-12-25-3/h4-14H2,1-3H3. The summed E-state index contributed by atoms with van der Waals surface area (Å²) in [7, 11) is 3.68. The van der Waals surface area contributed by atoms with Crippen LogP contribution in [0.15, 0.2) is 0 Å². The molecule has 140 valence electrons. The van der Waals surface area contributed by atoms with Crippen molar-refractivity contribution in [3.8, 4) is 0 Å². The minimum Gasteiger partial charge on any atom is -0.385 e. The molecule has 0 aliphatic carbocycles. The van der Waals surface area contributed by atoms with Gasteiger partial charge in [0.25, 0.3) is 0 Å². The summed E-state index contributed by atoms with van der Waals surface area (Å²) < 4.78 is 7.01. The van der Waals surface area contributed by atoms with Gasteiger partial charge in [-0.05, 0) is 51.1 Å². The fourth-order valence-electron chi connectivity index (χ4n) is 4.19. The average molecular weight is 349 g/mol. The fraction of sp³-hybridized carbons (Fsp3) is 0.833. The van der Waals surface area contributed by atoms with Crippen molar-refractivity contribution in [1.82, 2.24) is 24.6 Å². The van der Waals surface area contributed by atoms with Gasteiger partial charge in [-0.15, -0.1) is 0 Å². The number of carbonyl (C=O) groups excluding carboxylic acids is 1. The zero-order chi connectivity index (χ0) is 17.9. The maximum absolute atomic E-state index is 12.2. The van der Waals surface area contributed by atoms with Gasteiger partial charge in [0.15, 0.2) is 0 Å².